The van der Waals surface area contributed by atoms with E-state index in [4.69, 9.17) is 9.47 Å². The molecule has 0 aliphatic carbocycles. The molecule has 0 bridgehead atoms. The van der Waals surface area contributed by atoms with Gasteiger partial charge < -0.3 is 14.8 Å². The van der Waals surface area contributed by atoms with Crippen molar-refractivity contribution in [2.24, 2.45) is 10.9 Å². The first-order valence-electron chi connectivity index (χ1n) is 8.65. The van der Waals surface area contributed by atoms with Crippen LogP contribution in [0.1, 0.15) is 25.3 Å². The van der Waals surface area contributed by atoms with Gasteiger partial charge in [-0.15, -0.1) is 11.3 Å². The molecule has 2 heterocycles. The predicted octanol–water partition coefficient (Wildman–Crippen LogP) is 3.68. The number of nitrogens with zero attached hydrogens (tertiary/aromatic N) is 2. The molecule has 0 saturated carbocycles. The van der Waals surface area contributed by atoms with Crippen molar-refractivity contribution < 1.29 is 19.1 Å². The molecule has 1 N–H and O–H groups in total. The molecular formula is C20H21N3O4S. The van der Waals surface area contributed by atoms with Crippen molar-refractivity contribution in [3.63, 3.8) is 0 Å². The molecule has 0 amide bonds. The van der Waals surface area contributed by atoms with Gasteiger partial charge in [-0.1, -0.05) is 18.2 Å². The van der Waals surface area contributed by atoms with Crippen LogP contribution in [0.5, 0.6) is 0 Å². The number of anilines is 2. The lowest BCUT2D eigenvalue weighted by Crippen LogP contribution is -2.36. The number of hydrogen-bond acceptors (Lipinski definition) is 8. The highest BCUT2D eigenvalue weighted by Gasteiger charge is 2.42. The lowest BCUT2D eigenvalue weighted by molar-refractivity contribution is -0.143. The largest absolute Gasteiger partial charge is 0.468 e. The van der Waals surface area contributed by atoms with E-state index in [1.54, 1.807) is 20.0 Å². The fraction of sp³-hybridized carbons (Fsp3) is 0.300. The smallest absolute Gasteiger partial charge is 0.336 e. The summed E-state index contributed by atoms with van der Waals surface area (Å²) in [6.45, 7) is 3.51. The summed E-state index contributed by atoms with van der Waals surface area (Å²) in [5.74, 6) is -2.30. The molecule has 3 rings (SSSR count). The van der Waals surface area contributed by atoms with Gasteiger partial charge in [0.1, 0.15) is 5.92 Å². The van der Waals surface area contributed by atoms with Crippen LogP contribution in [0, 0.1) is 5.92 Å². The monoisotopic (exact) mass is 399 g/mol. The van der Waals surface area contributed by atoms with Crippen molar-refractivity contribution in [3.05, 3.63) is 52.7 Å². The van der Waals surface area contributed by atoms with Crippen molar-refractivity contribution in [2.75, 3.05) is 19.5 Å². The molecule has 2 aromatic rings. The van der Waals surface area contributed by atoms with Crippen LogP contribution in [0.15, 0.2) is 52.1 Å². The molecule has 146 valence electrons. The molecule has 1 aromatic heterocycles. The number of carbonyl (C=O) groups excluding carboxylic acids is 2. The van der Waals surface area contributed by atoms with E-state index >= 15 is 0 Å². The Hall–Kier alpha value is -3.00. The van der Waals surface area contributed by atoms with Gasteiger partial charge in [0, 0.05) is 34.6 Å². The zero-order valence-electron chi connectivity index (χ0n) is 16.1. The number of rotatable bonds is 5. The lowest BCUT2D eigenvalue weighted by atomic mass is 9.75. The minimum Gasteiger partial charge on any atom is -0.468 e. The number of carbonyl (C=O) groups is 2. The number of nitrogens with one attached hydrogen (secondary N) is 1. The first kappa shape index (κ1) is 19.8. The first-order chi connectivity index (χ1) is 13.5. The minimum atomic E-state index is -0.734. The van der Waals surface area contributed by atoms with Crippen LogP contribution < -0.4 is 5.32 Å². The number of benzene rings is 1. The van der Waals surface area contributed by atoms with Gasteiger partial charge in [0.05, 0.1) is 19.8 Å². The topological polar surface area (TPSA) is 89.9 Å². The molecular weight excluding hydrogens is 378 g/mol. The van der Waals surface area contributed by atoms with E-state index in [-0.39, 0.29) is 0 Å². The second kappa shape index (κ2) is 8.35. The average molecular weight is 399 g/mol. The van der Waals surface area contributed by atoms with Crippen LogP contribution in [0.4, 0.5) is 10.8 Å². The first-order valence-corrected chi connectivity index (χ1v) is 9.53. The second-order valence-corrected chi connectivity index (χ2v) is 7.17. The van der Waals surface area contributed by atoms with E-state index in [0.717, 1.165) is 11.3 Å². The number of thiazole rings is 1. The zero-order valence-corrected chi connectivity index (χ0v) is 16.9. The van der Waals surface area contributed by atoms with Crippen LogP contribution in [0.3, 0.4) is 0 Å². The Bertz CT molecular complexity index is 950. The number of para-hydroxylation sites is 1. The molecule has 7 nitrogen and oxygen atoms in total. The number of methoxy groups -OCH3 is 2. The third-order valence-corrected chi connectivity index (χ3v) is 5.35. The normalized spacial score (nSPS) is 19.1. The fourth-order valence-electron chi connectivity index (χ4n) is 3.46. The zero-order chi connectivity index (χ0) is 20.3. The molecule has 1 aliphatic heterocycles. The number of ether oxygens (including phenoxy) is 2. The summed E-state index contributed by atoms with van der Waals surface area (Å²) in [7, 11) is 2.65. The van der Waals surface area contributed by atoms with Crippen LogP contribution in [0.25, 0.3) is 0 Å². The fourth-order valence-corrected chi connectivity index (χ4v) is 4.00. The number of hydrogen-bond donors (Lipinski definition) is 1. The van der Waals surface area contributed by atoms with E-state index in [9.17, 15) is 9.59 Å². The van der Waals surface area contributed by atoms with Crippen molar-refractivity contribution in [3.8, 4) is 0 Å². The van der Waals surface area contributed by atoms with E-state index in [2.05, 4.69) is 15.3 Å². The summed E-state index contributed by atoms with van der Waals surface area (Å²) in [5.41, 5.74) is 2.98. The molecule has 1 aromatic carbocycles. The van der Waals surface area contributed by atoms with Gasteiger partial charge in [0.15, 0.2) is 5.13 Å². The number of allylic oxidation sites excluding steroid dienone is 1. The molecule has 0 radical (unpaired) electrons. The highest BCUT2D eigenvalue weighted by Crippen LogP contribution is 2.43. The summed E-state index contributed by atoms with van der Waals surface area (Å²) in [6, 6.07) is 7.51. The quantitative estimate of drug-likeness (QED) is 0.772. The van der Waals surface area contributed by atoms with Gasteiger partial charge in [-0.2, -0.15) is 0 Å². The summed E-state index contributed by atoms with van der Waals surface area (Å²) in [6.07, 6.45) is 1.70. The maximum absolute atomic E-state index is 12.6. The summed E-state index contributed by atoms with van der Waals surface area (Å²) in [4.78, 5) is 33.9. The molecule has 2 unspecified atom stereocenters. The van der Waals surface area contributed by atoms with Gasteiger partial charge in [0.25, 0.3) is 0 Å². The second-order valence-electron chi connectivity index (χ2n) is 6.27. The average Bonchev–Trinajstić information content (AvgIpc) is 3.20. The predicted molar refractivity (Wildman–Crippen MR) is 108 cm³/mol. The van der Waals surface area contributed by atoms with Crippen molar-refractivity contribution in [1.29, 1.82) is 0 Å². The molecule has 2 atom stereocenters. The Morgan fingerprint density at radius 1 is 1.14 bits per heavy atom. The number of esters is 2. The van der Waals surface area contributed by atoms with E-state index < -0.39 is 23.8 Å². The van der Waals surface area contributed by atoms with Crippen LogP contribution in [-0.4, -0.2) is 36.9 Å². The molecule has 0 saturated heterocycles. The summed E-state index contributed by atoms with van der Waals surface area (Å²) in [5, 5.41) is 5.85. The Labute approximate surface area is 167 Å². The van der Waals surface area contributed by atoms with Crippen LogP contribution in [0.2, 0.25) is 0 Å². The SMILES string of the molecule is COC(=O)C1=C(C)N=C(C)C(C(=O)OC)C1c1ccccc1Nc1nccs1. The van der Waals surface area contributed by atoms with E-state index in [0.29, 0.717) is 22.1 Å². The Kier molecular flexibility index (Phi) is 5.89. The van der Waals surface area contributed by atoms with Crippen molar-refractivity contribution in [2.45, 2.75) is 19.8 Å². The summed E-state index contributed by atoms with van der Waals surface area (Å²) >= 11 is 1.46. The Morgan fingerprint density at radius 3 is 2.54 bits per heavy atom. The van der Waals surface area contributed by atoms with Gasteiger partial charge in [0.2, 0.25) is 0 Å². The molecule has 28 heavy (non-hydrogen) atoms. The maximum Gasteiger partial charge on any atom is 0.336 e. The summed E-state index contributed by atoms with van der Waals surface area (Å²) < 4.78 is 10.0. The van der Waals surface area contributed by atoms with Gasteiger partial charge in [-0.05, 0) is 25.5 Å². The van der Waals surface area contributed by atoms with Crippen molar-refractivity contribution >= 4 is 39.8 Å². The molecule has 1 aliphatic rings. The van der Waals surface area contributed by atoms with Gasteiger partial charge in [-0.3, -0.25) is 9.79 Å². The number of aliphatic imine (C=N–C) groups is 1. The van der Waals surface area contributed by atoms with Crippen LogP contribution in [-0.2, 0) is 19.1 Å². The third kappa shape index (κ3) is 3.68. The highest BCUT2D eigenvalue weighted by atomic mass is 32.1. The standard InChI is InChI=1S/C20H21N3O4S/c1-11-15(18(24)26-3)17(16(12(2)22-11)19(25)27-4)13-7-5-6-8-14(13)23-20-21-9-10-28-20/h5-10,15,17H,1-4H3,(H,21,23). The molecule has 0 fully saturated rings. The van der Waals surface area contributed by atoms with Crippen LogP contribution >= 0.6 is 11.3 Å². The Morgan fingerprint density at radius 2 is 1.89 bits per heavy atom. The highest BCUT2D eigenvalue weighted by molar-refractivity contribution is 7.13. The molecule has 8 heteroatoms. The van der Waals surface area contributed by atoms with Gasteiger partial charge in [-0.25, -0.2) is 9.78 Å². The minimum absolute atomic E-state index is 0.344. The maximum atomic E-state index is 12.6. The van der Waals surface area contributed by atoms with E-state index in [1.165, 1.54) is 25.6 Å². The van der Waals surface area contributed by atoms with Gasteiger partial charge >= 0.3 is 11.9 Å². The third-order valence-electron chi connectivity index (χ3n) is 4.66. The molecule has 0 spiro atoms. The van der Waals surface area contributed by atoms with Crippen molar-refractivity contribution in [1.82, 2.24) is 4.98 Å². The van der Waals surface area contributed by atoms with E-state index in [1.807, 2.05) is 29.6 Å². The number of aromatic nitrogens is 1. The Balaban J connectivity index is 2.18. The lowest BCUT2D eigenvalue weighted by Gasteiger charge is -2.32.